The topological polar surface area (TPSA) is 41.6 Å². The standard InChI is InChI=1S/C15H20BrClN2O2/c1-18-9-11-4-6-19(10-11)15(20)5-7-21-14-3-2-12(17)8-13(14)16/h2-3,8,11,18H,4-7,9-10H2,1H3/t11-/m1/s1. The van der Waals surface area contributed by atoms with Gasteiger partial charge in [-0.25, -0.2) is 0 Å². The number of hydrogen-bond acceptors (Lipinski definition) is 3. The average molecular weight is 376 g/mol. The molecular formula is C15H20BrClN2O2. The smallest absolute Gasteiger partial charge is 0.226 e. The van der Waals surface area contributed by atoms with Gasteiger partial charge in [0.2, 0.25) is 5.91 Å². The SMILES string of the molecule is CNC[C@H]1CCN(C(=O)CCOc2ccc(Cl)cc2Br)C1. The predicted molar refractivity (Wildman–Crippen MR) is 87.9 cm³/mol. The van der Waals surface area contributed by atoms with E-state index in [4.69, 9.17) is 16.3 Å². The van der Waals surface area contributed by atoms with Crippen LogP contribution < -0.4 is 10.1 Å². The van der Waals surface area contributed by atoms with E-state index in [9.17, 15) is 4.79 Å². The predicted octanol–water partition coefficient (Wildman–Crippen LogP) is 2.94. The molecule has 0 radical (unpaired) electrons. The lowest BCUT2D eigenvalue weighted by atomic mass is 10.1. The maximum atomic E-state index is 12.1. The highest BCUT2D eigenvalue weighted by molar-refractivity contribution is 9.10. The molecule has 21 heavy (non-hydrogen) atoms. The van der Waals surface area contributed by atoms with Crippen LogP contribution in [0, 0.1) is 5.92 Å². The monoisotopic (exact) mass is 374 g/mol. The minimum atomic E-state index is 0.165. The molecule has 1 fully saturated rings. The molecule has 1 saturated heterocycles. The normalized spacial score (nSPS) is 18.0. The fourth-order valence-electron chi connectivity index (χ4n) is 2.51. The summed E-state index contributed by atoms with van der Waals surface area (Å²) in [6, 6.07) is 5.35. The Balaban J connectivity index is 1.74. The number of carbonyl (C=O) groups excluding carboxylic acids is 1. The van der Waals surface area contributed by atoms with Crippen LogP contribution in [0.25, 0.3) is 0 Å². The van der Waals surface area contributed by atoms with Crippen molar-refractivity contribution in [2.75, 3.05) is 33.3 Å². The molecule has 116 valence electrons. The van der Waals surface area contributed by atoms with E-state index in [1.165, 1.54) is 0 Å². The third kappa shape index (κ3) is 4.87. The Morgan fingerprint density at radius 1 is 1.57 bits per heavy atom. The first-order chi connectivity index (χ1) is 10.1. The van der Waals surface area contributed by atoms with Gasteiger partial charge < -0.3 is 15.0 Å². The van der Waals surface area contributed by atoms with Crippen LogP contribution in [-0.2, 0) is 4.79 Å². The summed E-state index contributed by atoms with van der Waals surface area (Å²) in [6.07, 6.45) is 1.48. The summed E-state index contributed by atoms with van der Waals surface area (Å²) < 4.78 is 6.43. The summed E-state index contributed by atoms with van der Waals surface area (Å²) in [5.74, 6) is 1.45. The molecule has 6 heteroatoms. The maximum absolute atomic E-state index is 12.1. The molecule has 0 spiro atoms. The lowest BCUT2D eigenvalue weighted by Crippen LogP contribution is -2.31. The molecule has 1 atom stereocenters. The van der Waals surface area contributed by atoms with Crippen molar-refractivity contribution in [3.05, 3.63) is 27.7 Å². The molecule has 1 N–H and O–H groups in total. The van der Waals surface area contributed by atoms with E-state index in [1.807, 2.05) is 11.9 Å². The van der Waals surface area contributed by atoms with Crippen LogP contribution in [0.5, 0.6) is 5.75 Å². The molecule has 1 aromatic rings. The quantitative estimate of drug-likeness (QED) is 0.831. The van der Waals surface area contributed by atoms with Crippen molar-refractivity contribution in [3.63, 3.8) is 0 Å². The number of hydrogen-bond donors (Lipinski definition) is 1. The number of halogens is 2. The van der Waals surface area contributed by atoms with Gasteiger partial charge in [0.1, 0.15) is 5.75 Å². The summed E-state index contributed by atoms with van der Waals surface area (Å²) in [5, 5.41) is 3.82. The lowest BCUT2D eigenvalue weighted by Gasteiger charge is -2.17. The largest absolute Gasteiger partial charge is 0.492 e. The van der Waals surface area contributed by atoms with Gasteiger partial charge in [0.25, 0.3) is 0 Å². The van der Waals surface area contributed by atoms with E-state index in [0.29, 0.717) is 29.7 Å². The zero-order valence-corrected chi connectivity index (χ0v) is 14.4. The Morgan fingerprint density at radius 3 is 3.10 bits per heavy atom. The molecule has 0 unspecified atom stereocenters. The minimum Gasteiger partial charge on any atom is -0.492 e. The van der Waals surface area contributed by atoms with Gasteiger partial charge in [0.15, 0.2) is 0 Å². The van der Waals surface area contributed by atoms with Crippen LogP contribution in [0.1, 0.15) is 12.8 Å². The first-order valence-corrected chi connectivity index (χ1v) is 8.27. The molecule has 0 bridgehead atoms. The van der Waals surface area contributed by atoms with Crippen LogP contribution in [0.4, 0.5) is 0 Å². The maximum Gasteiger partial charge on any atom is 0.226 e. The van der Waals surface area contributed by atoms with E-state index >= 15 is 0 Å². The number of nitrogens with zero attached hydrogens (tertiary/aromatic N) is 1. The molecule has 1 aliphatic heterocycles. The molecule has 1 aromatic carbocycles. The summed E-state index contributed by atoms with van der Waals surface area (Å²) in [6.45, 7) is 3.06. The summed E-state index contributed by atoms with van der Waals surface area (Å²) >= 11 is 9.27. The van der Waals surface area contributed by atoms with Gasteiger partial charge in [-0.2, -0.15) is 0 Å². The average Bonchev–Trinajstić information content (AvgIpc) is 2.90. The number of rotatable bonds is 6. The highest BCUT2D eigenvalue weighted by Gasteiger charge is 2.25. The second-order valence-electron chi connectivity index (χ2n) is 5.23. The van der Waals surface area contributed by atoms with Gasteiger partial charge in [0.05, 0.1) is 17.5 Å². The van der Waals surface area contributed by atoms with Crippen molar-refractivity contribution in [3.8, 4) is 5.75 Å². The number of carbonyl (C=O) groups is 1. The van der Waals surface area contributed by atoms with Crippen molar-refractivity contribution in [2.45, 2.75) is 12.8 Å². The van der Waals surface area contributed by atoms with E-state index in [-0.39, 0.29) is 5.91 Å². The number of amides is 1. The molecule has 2 rings (SSSR count). The van der Waals surface area contributed by atoms with Gasteiger partial charge in [0, 0.05) is 18.1 Å². The number of ether oxygens (including phenoxy) is 1. The van der Waals surface area contributed by atoms with E-state index in [1.54, 1.807) is 18.2 Å². The van der Waals surface area contributed by atoms with E-state index in [0.717, 1.165) is 30.5 Å². The van der Waals surface area contributed by atoms with Crippen molar-refractivity contribution in [2.24, 2.45) is 5.92 Å². The Morgan fingerprint density at radius 2 is 2.38 bits per heavy atom. The third-order valence-corrected chi connectivity index (χ3v) is 4.45. The van der Waals surface area contributed by atoms with Crippen LogP contribution in [0.2, 0.25) is 5.02 Å². The zero-order chi connectivity index (χ0) is 15.2. The molecule has 0 aliphatic carbocycles. The molecule has 1 amide bonds. The Hall–Kier alpha value is -0.780. The second-order valence-corrected chi connectivity index (χ2v) is 6.52. The van der Waals surface area contributed by atoms with Crippen molar-refractivity contribution in [1.82, 2.24) is 10.2 Å². The summed E-state index contributed by atoms with van der Waals surface area (Å²) in [4.78, 5) is 14.0. The minimum absolute atomic E-state index is 0.165. The molecule has 0 aromatic heterocycles. The van der Waals surface area contributed by atoms with Crippen molar-refractivity contribution >= 4 is 33.4 Å². The highest BCUT2D eigenvalue weighted by atomic mass is 79.9. The number of likely N-dealkylation sites (tertiary alicyclic amines) is 1. The van der Waals surface area contributed by atoms with Gasteiger partial charge in [-0.15, -0.1) is 0 Å². The molecule has 1 aliphatic rings. The van der Waals surface area contributed by atoms with Gasteiger partial charge in [-0.05, 0) is 60.1 Å². The molecule has 0 saturated carbocycles. The third-order valence-electron chi connectivity index (χ3n) is 3.60. The number of nitrogens with one attached hydrogen (secondary N) is 1. The molecule has 4 nitrogen and oxygen atoms in total. The van der Waals surface area contributed by atoms with E-state index < -0.39 is 0 Å². The molecule has 1 heterocycles. The fourth-order valence-corrected chi connectivity index (χ4v) is 3.31. The highest BCUT2D eigenvalue weighted by Crippen LogP contribution is 2.28. The van der Waals surface area contributed by atoms with Crippen molar-refractivity contribution < 1.29 is 9.53 Å². The zero-order valence-electron chi connectivity index (χ0n) is 12.1. The van der Waals surface area contributed by atoms with Crippen LogP contribution >= 0.6 is 27.5 Å². The molecular weight excluding hydrogens is 356 g/mol. The number of benzene rings is 1. The summed E-state index contributed by atoms with van der Waals surface area (Å²) in [7, 11) is 1.95. The second kappa shape index (κ2) is 8.01. The first-order valence-electron chi connectivity index (χ1n) is 7.10. The first kappa shape index (κ1) is 16.6. The lowest BCUT2D eigenvalue weighted by molar-refractivity contribution is -0.130. The van der Waals surface area contributed by atoms with Crippen molar-refractivity contribution in [1.29, 1.82) is 0 Å². The van der Waals surface area contributed by atoms with Crippen LogP contribution in [0.3, 0.4) is 0 Å². The Kier molecular flexibility index (Phi) is 6.33. The van der Waals surface area contributed by atoms with Crippen LogP contribution in [0.15, 0.2) is 22.7 Å². The van der Waals surface area contributed by atoms with Gasteiger partial charge >= 0.3 is 0 Å². The Labute approximate surface area is 138 Å². The van der Waals surface area contributed by atoms with E-state index in [2.05, 4.69) is 21.2 Å². The van der Waals surface area contributed by atoms with Gasteiger partial charge in [-0.1, -0.05) is 11.6 Å². The Bertz CT molecular complexity index is 499. The van der Waals surface area contributed by atoms with Gasteiger partial charge in [-0.3, -0.25) is 4.79 Å². The van der Waals surface area contributed by atoms with Crippen LogP contribution in [-0.4, -0.2) is 44.1 Å². The fraction of sp³-hybridized carbons (Fsp3) is 0.533. The summed E-state index contributed by atoms with van der Waals surface area (Å²) in [5.41, 5.74) is 0.